The molecular formula is C16H24N2O2. The Bertz CT molecular complexity index is 458. The monoisotopic (exact) mass is 276 g/mol. The summed E-state index contributed by atoms with van der Waals surface area (Å²) in [5.41, 5.74) is 7.65. The fourth-order valence-corrected chi connectivity index (χ4v) is 2.45. The van der Waals surface area contributed by atoms with Crippen LogP contribution in [0, 0.1) is 5.92 Å². The minimum absolute atomic E-state index is 0.222. The fourth-order valence-electron chi connectivity index (χ4n) is 2.45. The van der Waals surface area contributed by atoms with Crippen LogP contribution in [0.4, 0.5) is 5.69 Å². The van der Waals surface area contributed by atoms with Crippen molar-refractivity contribution in [2.24, 2.45) is 5.92 Å². The van der Waals surface area contributed by atoms with E-state index in [2.05, 4.69) is 0 Å². The summed E-state index contributed by atoms with van der Waals surface area (Å²) in [6.45, 7) is 3.34. The average molecular weight is 276 g/mol. The molecule has 0 heterocycles. The van der Waals surface area contributed by atoms with Crippen LogP contribution < -0.4 is 5.73 Å². The Kier molecular flexibility index (Phi) is 5.01. The zero-order chi connectivity index (χ0) is 14.5. The van der Waals surface area contributed by atoms with Crippen LogP contribution in [0.3, 0.4) is 0 Å². The van der Waals surface area contributed by atoms with E-state index in [-0.39, 0.29) is 11.8 Å². The fraction of sp³-hybridized carbons (Fsp3) is 0.562. The van der Waals surface area contributed by atoms with Crippen LogP contribution in [-0.2, 0) is 16.1 Å². The van der Waals surface area contributed by atoms with Crippen molar-refractivity contribution >= 4 is 11.6 Å². The summed E-state index contributed by atoms with van der Waals surface area (Å²) in [5.74, 6) is 0.481. The van der Waals surface area contributed by atoms with Crippen LogP contribution in [0.2, 0.25) is 0 Å². The summed E-state index contributed by atoms with van der Waals surface area (Å²) in [7, 11) is 1.67. The van der Waals surface area contributed by atoms with Crippen molar-refractivity contribution in [1.82, 2.24) is 4.90 Å². The maximum Gasteiger partial charge on any atom is 0.223 e. The highest BCUT2D eigenvalue weighted by Gasteiger charge is 2.32. The minimum atomic E-state index is 0.222. The number of amides is 1. The molecule has 1 aliphatic carbocycles. The van der Waals surface area contributed by atoms with Crippen LogP contribution >= 0.6 is 0 Å². The first-order valence-electron chi connectivity index (χ1n) is 7.23. The Balaban J connectivity index is 1.98. The molecule has 20 heavy (non-hydrogen) atoms. The Morgan fingerprint density at radius 1 is 1.50 bits per heavy atom. The van der Waals surface area contributed by atoms with Crippen molar-refractivity contribution in [2.75, 3.05) is 19.5 Å². The zero-order valence-corrected chi connectivity index (χ0v) is 12.3. The lowest BCUT2D eigenvalue weighted by Gasteiger charge is -2.24. The Hall–Kier alpha value is -1.55. The molecule has 2 N–H and O–H groups in total. The van der Waals surface area contributed by atoms with Crippen molar-refractivity contribution < 1.29 is 9.53 Å². The van der Waals surface area contributed by atoms with Gasteiger partial charge in [-0.3, -0.25) is 4.79 Å². The number of carbonyl (C=O) groups is 1. The standard InChI is InChI=1S/C16H24N2O2/c1-12(11-20-2)8-16(19)18(15-6-7-15)10-13-4-3-5-14(17)9-13/h3-5,9,12,15H,6-8,10-11,17H2,1-2H3. The largest absolute Gasteiger partial charge is 0.399 e. The first kappa shape index (κ1) is 14.9. The van der Waals surface area contributed by atoms with Crippen molar-refractivity contribution in [1.29, 1.82) is 0 Å². The third-order valence-corrected chi connectivity index (χ3v) is 3.59. The van der Waals surface area contributed by atoms with Gasteiger partial charge in [0.25, 0.3) is 0 Å². The highest BCUT2D eigenvalue weighted by Crippen LogP contribution is 2.29. The Morgan fingerprint density at radius 3 is 2.85 bits per heavy atom. The quantitative estimate of drug-likeness (QED) is 0.778. The van der Waals surface area contributed by atoms with E-state index in [1.165, 1.54) is 0 Å². The number of benzene rings is 1. The number of hydrogen-bond donors (Lipinski definition) is 1. The lowest BCUT2D eigenvalue weighted by molar-refractivity contribution is -0.133. The third-order valence-electron chi connectivity index (χ3n) is 3.59. The topological polar surface area (TPSA) is 55.6 Å². The second-order valence-corrected chi connectivity index (χ2v) is 5.76. The summed E-state index contributed by atoms with van der Waals surface area (Å²) in [4.78, 5) is 14.4. The lowest BCUT2D eigenvalue weighted by atomic mass is 10.1. The molecule has 1 fully saturated rings. The first-order chi connectivity index (χ1) is 9.60. The number of rotatable bonds is 7. The molecule has 4 heteroatoms. The number of nitrogens with zero attached hydrogens (tertiary/aromatic N) is 1. The van der Waals surface area contributed by atoms with E-state index in [0.29, 0.717) is 25.6 Å². The van der Waals surface area contributed by atoms with Gasteiger partial charge in [-0.2, -0.15) is 0 Å². The maximum atomic E-state index is 12.4. The van der Waals surface area contributed by atoms with Gasteiger partial charge in [-0.25, -0.2) is 0 Å². The molecule has 1 unspecified atom stereocenters. The lowest BCUT2D eigenvalue weighted by Crippen LogP contribution is -2.34. The number of nitrogens with two attached hydrogens (primary N) is 1. The van der Waals surface area contributed by atoms with Crippen LogP contribution in [0.15, 0.2) is 24.3 Å². The van der Waals surface area contributed by atoms with Crippen LogP contribution in [0.25, 0.3) is 0 Å². The van der Waals surface area contributed by atoms with Crippen LogP contribution in [0.5, 0.6) is 0 Å². The molecular weight excluding hydrogens is 252 g/mol. The van der Waals surface area contributed by atoms with Crippen molar-refractivity contribution in [3.63, 3.8) is 0 Å². The molecule has 1 aromatic carbocycles. The summed E-state index contributed by atoms with van der Waals surface area (Å²) >= 11 is 0. The van der Waals surface area contributed by atoms with Crippen molar-refractivity contribution in [2.45, 2.75) is 38.8 Å². The summed E-state index contributed by atoms with van der Waals surface area (Å²) in [6.07, 6.45) is 2.78. The SMILES string of the molecule is COCC(C)CC(=O)N(Cc1cccc(N)c1)C1CC1. The van der Waals surface area contributed by atoms with Crippen LogP contribution in [-0.4, -0.2) is 30.6 Å². The van der Waals surface area contributed by atoms with E-state index in [4.69, 9.17) is 10.5 Å². The minimum Gasteiger partial charge on any atom is -0.399 e. The molecule has 1 atom stereocenters. The molecule has 0 saturated heterocycles. The van der Waals surface area contributed by atoms with Gasteiger partial charge in [0.05, 0.1) is 0 Å². The molecule has 0 radical (unpaired) electrons. The average Bonchev–Trinajstić information content (AvgIpc) is 3.20. The van der Waals surface area contributed by atoms with Gasteiger partial charge in [0.15, 0.2) is 0 Å². The van der Waals surface area contributed by atoms with Gasteiger partial charge >= 0.3 is 0 Å². The molecule has 1 amide bonds. The molecule has 1 aliphatic rings. The third kappa shape index (κ3) is 4.23. The van der Waals surface area contributed by atoms with E-state index in [1.54, 1.807) is 7.11 Å². The highest BCUT2D eigenvalue weighted by molar-refractivity contribution is 5.77. The van der Waals surface area contributed by atoms with E-state index < -0.39 is 0 Å². The van der Waals surface area contributed by atoms with E-state index in [0.717, 1.165) is 24.1 Å². The number of ether oxygens (including phenoxy) is 1. The second-order valence-electron chi connectivity index (χ2n) is 5.76. The molecule has 0 bridgehead atoms. The highest BCUT2D eigenvalue weighted by atomic mass is 16.5. The normalized spacial score (nSPS) is 15.9. The number of hydrogen-bond acceptors (Lipinski definition) is 3. The number of anilines is 1. The summed E-state index contributed by atoms with van der Waals surface area (Å²) < 4.78 is 5.11. The van der Waals surface area contributed by atoms with Gasteiger partial charge < -0.3 is 15.4 Å². The number of methoxy groups -OCH3 is 1. The van der Waals surface area contributed by atoms with Gasteiger partial charge in [-0.1, -0.05) is 19.1 Å². The Labute approximate surface area is 120 Å². The molecule has 0 aliphatic heterocycles. The van der Waals surface area contributed by atoms with Gasteiger partial charge in [-0.05, 0) is 36.5 Å². The van der Waals surface area contributed by atoms with Gasteiger partial charge in [0.2, 0.25) is 5.91 Å². The van der Waals surface area contributed by atoms with Crippen molar-refractivity contribution in [3.05, 3.63) is 29.8 Å². The molecule has 2 rings (SSSR count). The maximum absolute atomic E-state index is 12.4. The number of carbonyl (C=O) groups excluding carboxylic acids is 1. The molecule has 110 valence electrons. The molecule has 0 aromatic heterocycles. The predicted octanol–water partition coefficient (Wildman–Crippen LogP) is 2.43. The number of nitrogen functional groups attached to an aromatic ring is 1. The zero-order valence-electron chi connectivity index (χ0n) is 12.3. The molecule has 0 spiro atoms. The smallest absolute Gasteiger partial charge is 0.223 e. The van der Waals surface area contributed by atoms with Gasteiger partial charge in [0.1, 0.15) is 0 Å². The molecule has 4 nitrogen and oxygen atoms in total. The second kappa shape index (κ2) is 6.75. The van der Waals surface area contributed by atoms with E-state index >= 15 is 0 Å². The first-order valence-corrected chi connectivity index (χ1v) is 7.23. The summed E-state index contributed by atoms with van der Waals surface area (Å²) in [5, 5.41) is 0. The van der Waals surface area contributed by atoms with Gasteiger partial charge in [0, 0.05) is 38.4 Å². The van der Waals surface area contributed by atoms with E-state index in [1.807, 2.05) is 36.1 Å². The summed E-state index contributed by atoms with van der Waals surface area (Å²) in [6, 6.07) is 8.19. The predicted molar refractivity (Wildman–Crippen MR) is 80.1 cm³/mol. The molecule has 1 aromatic rings. The van der Waals surface area contributed by atoms with Gasteiger partial charge in [-0.15, -0.1) is 0 Å². The van der Waals surface area contributed by atoms with Crippen LogP contribution in [0.1, 0.15) is 31.7 Å². The van der Waals surface area contributed by atoms with Crippen molar-refractivity contribution in [3.8, 4) is 0 Å². The molecule has 1 saturated carbocycles. The Morgan fingerprint density at radius 2 is 2.25 bits per heavy atom. The van der Waals surface area contributed by atoms with E-state index in [9.17, 15) is 4.79 Å².